The summed E-state index contributed by atoms with van der Waals surface area (Å²) in [7, 11) is 0. The molecule has 2 heterocycles. The number of rotatable bonds is 5. The van der Waals surface area contributed by atoms with Crippen LogP contribution in [0.1, 0.15) is 38.4 Å². The molecule has 1 amide bonds. The molecular weight excluding hydrogens is 544 g/mol. The van der Waals surface area contributed by atoms with Gasteiger partial charge in [-0.05, 0) is 51.1 Å². The number of H-pyrrole nitrogens is 1. The topological polar surface area (TPSA) is 96.2 Å². The first-order valence-corrected chi connectivity index (χ1v) is 12.9. The maximum atomic E-state index is 13.4. The number of carbonyl (C=O) groups is 2. The van der Waals surface area contributed by atoms with Crippen molar-refractivity contribution >= 4 is 56.9 Å². The van der Waals surface area contributed by atoms with Crippen LogP contribution in [-0.4, -0.2) is 28.2 Å². The molecule has 4 rings (SSSR count). The molecule has 0 radical (unpaired) electrons. The van der Waals surface area contributed by atoms with Gasteiger partial charge in [0, 0.05) is 23.0 Å². The van der Waals surface area contributed by atoms with Gasteiger partial charge in [0.1, 0.15) is 0 Å². The molecule has 1 aromatic heterocycles. The van der Waals surface area contributed by atoms with E-state index in [0.717, 1.165) is 0 Å². The van der Waals surface area contributed by atoms with Crippen LogP contribution < -0.4 is 19.9 Å². The van der Waals surface area contributed by atoms with Gasteiger partial charge in [-0.1, -0.05) is 49.3 Å². The molecule has 11 heteroatoms. The average molecular weight is 565 g/mol. The van der Waals surface area contributed by atoms with E-state index in [4.69, 9.17) is 16.3 Å². The maximum Gasteiger partial charge on any atom is 0.325 e. The van der Waals surface area contributed by atoms with E-state index < -0.39 is 12.1 Å². The number of hydrogen-bond donors (Lipinski definition) is 1. The van der Waals surface area contributed by atoms with Crippen LogP contribution in [0.5, 0.6) is 5.75 Å². The van der Waals surface area contributed by atoms with Gasteiger partial charge in [-0.15, -0.1) is 0 Å². The molecule has 0 saturated heterocycles. The minimum Gasteiger partial charge on any atom is -0.425 e. The van der Waals surface area contributed by atoms with Crippen LogP contribution in [0.3, 0.4) is 0 Å². The summed E-state index contributed by atoms with van der Waals surface area (Å²) in [4.78, 5) is 43.2. The zero-order valence-corrected chi connectivity index (χ0v) is 21.8. The number of halogens is 2. The molecule has 1 atom stereocenters. The lowest BCUT2D eigenvalue weighted by Crippen LogP contribution is -2.61. The number of ether oxygens (including phenoxy) is 1. The lowest BCUT2D eigenvalue weighted by molar-refractivity contribution is -0.763. The Balaban J connectivity index is 2.12. The number of carbonyl (C=O) groups excluding carboxylic acids is 2. The second kappa shape index (κ2) is 9.89. The second-order valence-electron chi connectivity index (χ2n) is 7.40. The smallest absolute Gasteiger partial charge is 0.325 e. The lowest BCUT2D eigenvalue weighted by Gasteiger charge is -2.32. The van der Waals surface area contributed by atoms with Crippen molar-refractivity contribution in [2.75, 3.05) is 11.2 Å². The van der Waals surface area contributed by atoms with E-state index in [9.17, 15) is 14.4 Å². The van der Waals surface area contributed by atoms with Crippen molar-refractivity contribution in [2.24, 2.45) is 0 Å². The van der Waals surface area contributed by atoms with Gasteiger partial charge in [0.05, 0.1) is 21.3 Å². The van der Waals surface area contributed by atoms with Gasteiger partial charge in [0.25, 0.3) is 6.17 Å². The summed E-state index contributed by atoms with van der Waals surface area (Å²) >= 11 is 11.1. The fourth-order valence-electron chi connectivity index (χ4n) is 3.85. The van der Waals surface area contributed by atoms with Crippen LogP contribution in [-0.2, 0) is 9.59 Å². The van der Waals surface area contributed by atoms with Crippen LogP contribution in [0.4, 0.5) is 5.69 Å². The first kappa shape index (κ1) is 24.4. The highest BCUT2D eigenvalue weighted by molar-refractivity contribution is 9.10. The fourth-order valence-corrected chi connectivity index (χ4v) is 5.13. The highest BCUT2D eigenvalue weighted by Gasteiger charge is 2.47. The average Bonchev–Trinajstić information content (AvgIpc) is 2.83. The Morgan fingerprint density at radius 1 is 1.26 bits per heavy atom. The standard InChI is InChI=1S/C23H20BrClN4O4S/c1-4-17(30)28-16-9-7-6-8-13(16)19-21(32)26-23(34-3)27-29(19)22(28)14-10-12(25)11-15(24)20(14)33-18(31)5-2/h6-11,22H,4-5H2,1-3H3/p+1. The zero-order chi connectivity index (χ0) is 24.6. The molecule has 1 aliphatic rings. The van der Waals surface area contributed by atoms with Gasteiger partial charge in [-0.2, -0.15) is 0 Å². The van der Waals surface area contributed by atoms with E-state index in [2.05, 4.69) is 26.0 Å². The van der Waals surface area contributed by atoms with Crippen molar-refractivity contribution < 1.29 is 19.0 Å². The second-order valence-corrected chi connectivity index (χ2v) is 9.48. The number of thioether (sulfide) groups is 1. The van der Waals surface area contributed by atoms with E-state index in [0.29, 0.717) is 31.5 Å². The Hall–Kier alpha value is -2.69. The van der Waals surface area contributed by atoms with E-state index >= 15 is 0 Å². The van der Waals surface area contributed by atoms with Crippen LogP contribution in [0, 0.1) is 0 Å². The third kappa shape index (κ3) is 4.25. The maximum absolute atomic E-state index is 13.4. The normalized spacial score (nSPS) is 14.4. The summed E-state index contributed by atoms with van der Waals surface area (Å²) in [6.07, 6.45) is 1.21. The van der Waals surface area contributed by atoms with Gasteiger partial charge in [0.15, 0.2) is 5.75 Å². The Bertz CT molecular complexity index is 1360. The number of anilines is 1. The molecule has 1 unspecified atom stereocenters. The Kier molecular flexibility index (Phi) is 7.11. The summed E-state index contributed by atoms with van der Waals surface area (Å²) in [5.41, 5.74) is 1.45. The van der Waals surface area contributed by atoms with Crippen molar-refractivity contribution in [1.82, 2.24) is 10.1 Å². The summed E-state index contributed by atoms with van der Waals surface area (Å²) in [6, 6.07) is 10.4. The number of hydrogen-bond acceptors (Lipinski definition) is 6. The molecule has 1 aliphatic heterocycles. The molecule has 0 spiro atoms. The summed E-state index contributed by atoms with van der Waals surface area (Å²) < 4.78 is 7.61. The first-order chi connectivity index (χ1) is 16.3. The number of esters is 1. The molecule has 0 saturated carbocycles. The summed E-state index contributed by atoms with van der Waals surface area (Å²) in [5.74, 6) is -0.448. The minimum absolute atomic E-state index is 0.151. The summed E-state index contributed by atoms with van der Waals surface area (Å²) in [5, 5.41) is 5.38. The van der Waals surface area contributed by atoms with Gasteiger partial charge < -0.3 is 4.74 Å². The SMILES string of the molecule is CCC(=O)Oc1c(Br)cc(Cl)cc1C1N(C(=O)CC)c2ccccc2-c2c(=O)[nH]c(SC)n[n+]21. The van der Waals surface area contributed by atoms with Crippen molar-refractivity contribution in [1.29, 1.82) is 0 Å². The number of amides is 1. The summed E-state index contributed by atoms with van der Waals surface area (Å²) in [6.45, 7) is 3.44. The van der Waals surface area contributed by atoms with E-state index in [1.807, 2.05) is 0 Å². The van der Waals surface area contributed by atoms with E-state index in [-0.39, 0.29) is 35.8 Å². The van der Waals surface area contributed by atoms with Gasteiger partial charge >= 0.3 is 17.2 Å². The Morgan fingerprint density at radius 2 is 2.00 bits per heavy atom. The number of aromatic nitrogens is 3. The molecular formula is C23H21BrClN4O4S+. The quantitative estimate of drug-likeness (QED) is 0.212. The van der Waals surface area contributed by atoms with Crippen molar-refractivity contribution in [3.63, 3.8) is 0 Å². The van der Waals surface area contributed by atoms with Gasteiger partial charge in [-0.25, -0.2) is 4.90 Å². The van der Waals surface area contributed by atoms with Crippen LogP contribution >= 0.6 is 39.3 Å². The van der Waals surface area contributed by atoms with Gasteiger partial charge in [0.2, 0.25) is 11.1 Å². The number of nitrogens with one attached hydrogen (secondary N) is 1. The van der Waals surface area contributed by atoms with E-state index in [1.54, 1.807) is 61.4 Å². The largest absolute Gasteiger partial charge is 0.425 e. The monoisotopic (exact) mass is 563 g/mol. The first-order valence-electron chi connectivity index (χ1n) is 10.5. The highest BCUT2D eigenvalue weighted by atomic mass is 79.9. The van der Waals surface area contributed by atoms with Crippen molar-refractivity contribution in [3.05, 3.63) is 61.8 Å². The fraction of sp³-hybridized carbons (Fsp3) is 0.261. The third-order valence-electron chi connectivity index (χ3n) is 5.34. The molecule has 34 heavy (non-hydrogen) atoms. The number of fused-ring (bicyclic) bond motifs is 3. The van der Waals surface area contributed by atoms with Crippen LogP contribution in [0.15, 0.2) is 50.8 Å². The minimum atomic E-state index is -0.930. The van der Waals surface area contributed by atoms with Gasteiger partial charge in [-0.3, -0.25) is 19.4 Å². The molecule has 3 aromatic rings. The predicted molar refractivity (Wildman–Crippen MR) is 133 cm³/mol. The highest BCUT2D eigenvalue weighted by Crippen LogP contribution is 2.43. The molecule has 0 fully saturated rings. The third-order valence-corrected chi connectivity index (χ3v) is 6.72. The van der Waals surface area contributed by atoms with Crippen LogP contribution in [0.2, 0.25) is 5.02 Å². The van der Waals surface area contributed by atoms with Crippen molar-refractivity contribution in [3.8, 4) is 17.0 Å². The number of para-hydroxylation sites is 1. The lowest BCUT2D eigenvalue weighted by atomic mass is 10.0. The molecule has 176 valence electrons. The van der Waals surface area contributed by atoms with Crippen LogP contribution in [0.25, 0.3) is 11.3 Å². The molecule has 0 aliphatic carbocycles. The molecule has 8 nitrogen and oxygen atoms in total. The van der Waals surface area contributed by atoms with Crippen molar-refractivity contribution in [2.45, 2.75) is 38.0 Å². The predicted octanol–water partition coefficient (Wildman–Crippen LogP) is 4.48. The Morgan fingerprint density at radius 3 is 2.68 bits per heavy atom. The Labute approximate surface area is 213 Å². The number of benzene rings is 2. The molecule has 0 bridgehead atoms. The number of nitrogens with zero attached hydrogens (tertiary/aromatic N) is 3. The number of aromatic amines is 1. The molecule has 1 N–H and O–H groups in total. The molecule has 2 aromatic carbocycles. The zero-order valence-electron chi connectivity index (χ0n) is 18.6. The van der Waals surface area contributed by atoms with E-state index in [1.165, 1.54) is 16.4 Å².